The van der Waals surface area contributed by atoms with Gasteiger partial charge in [-0.15, -0.1) is 10.2 Å². The maximum absolute atomic E-state index is 13.2. The molecule has 1 saturated heterocycles. The van der Waals surface area contributed by atoms with Crippen molar-refractivity contribution in [1.29, 1.82) is 0 Å². The maximum Gasteiger partial charge on any atom is 0.297 e. The van der Waals surface area contributed by atoms with Gasteiger partial charge in [-0.05, 0) is 18.1 Å². The van der Waals surface area contributed by atoms with E-state index < -0.39 is 6.43 Å². The predicted octanol–water partition coefficient (Wildman–Crippen LogP) is 2.43. The van der Waals surface area contributed by atoms with Gasteiger partial charge in [0.25, 0.3) is 12.3 Å². The van der Waals surface area contributed by atoms with Crippen molar-refractivity contribution in [2.75, 3.05) is 31.1 Å². The second-order valence-electron chi connectivity index (χ2n) is 6.42. The topological polar surface area (TPSA) is 67.4 Å². The third-order valence-corrected chi connectivity index (χ3v) is 4.08. The monoisotopic (exact) mass is 353 g/mol. The third kappa shape index (κ3) is 3.64. The highest BCUT2D eigenvalue weighted by Crippen LogP contribution is 2.24. The lowest BCUT2D eigenvalue weighted by molar-refractivity contribution is 0.0714. The molecule has 1 fully saturated rings. The summed E-state index contributed by atoms with van der Waals surface area (Å²) in [7, 11) is 0. The fourth-order valence-corrected chi connectivity index (χ4v) is 2.91. The van der Waals surface area contributed by atoms with Crippen molar-refractivity contribution in [1.82, 2.24) is 19.7 Å². The van der Waals surface area contributed by atoms with Crippen LogP contribution in [0.5, 0.6) is 0 Å². The average molecular weight is 353 g/mol. The molecule has 7 nitrogen and oxygen atoms in total. The Balaban J connectivity index is 1.71. The number of carbonyl (C=O) groups is 1. The van der Waals surface area contributed by atoms with Crippen LogP contribution in [0.4, 0.5) is 14.7 Å². The number of furan rings is 1. The molecule has 0 spiro atoms. The molecule has 3 heterocycles. The number of hydrogen-bond donors (Lipinski definition) is 0. The molecule has 0 unspecified atom stereocenters. The fraction of sp³-hybridized carbons (Fsp3) is 0.562. The van der Waals surface area contributed by atoms with Crippen LogP contribution < -0.4 is 4.90 Å². The zero-order chi connectivity index (χ0) is 18.0. The van der Waals surface area contributed by atoms with Crippen molar-refractivity contribution in [3.05, 3.63) is 30.0 Å². The minimum absolute atomic E-state index is 0.165. The molecule has 0 aliphatic carbocycles. The molecule has 0 saturated carbocycles. The molecule has 3 rings (SSSR count). The van der Waals surface area contributed by atoms with Crippen LogP contribution in [0.2, 0.25) is 0 Å². The highest BCUT2D eigenvalue weighted by Gasteiger charge is 2.28. The molecule has 2 aromatic rings. The Morgan fingerprint density at radius 3 is 2.52 bits per heavy atom. The predicted molar refractivity (Wildman–Crippen MR) is 86.6 cm³/mol. The summed E-state index contributed by atoms with van der Waals surface area (Å²) in [6, 6.07) is 3.30. The van der Waals surface area contributed by atoms with Crippen LogP contribution in [-0.2, 0) is 6.54 Å². The fourth-order valence-electron chi connectivity index (χ4n) is 2.91. The van der Waals surface area contributed by atoms with Crippen LogP contribution in [0.3, 0.4) is 0 Å². The van der Waals surface area contributed by atoms with Crippen molar-refractivity contribution < 1.29 is 18.0 Å². The van der Waals surface area contributed by atoms with E-state index in [1.54, 1.807) is 17.0 Å². The lowest BCUT2D eigenvalue weighted by Gasteiger charge is -2.35. The molecule has 25 heavy (non-hydrogen) atoms. The summed E-state index contributed by atoms with van der Waals surface area (Å²) in [5.74, 6) is 0.457. The minimum Gasteiger partial charge on any atom is -0.459 e. The highest BCUT2D eigenvalue weighted by atomic mass is 19.3. The Kier molecular flexibility index (Phi) is 5.00. The molecule has 0 atom stereocenters. The lowest BCUT2D eigenvalue weighted by Crippen LogP contribution is -2.49. The van der Waals surface area contributed by atoms with Gasteiger partial charge < -0.3 is 14.2 Å². The van der Waals surface area contributed by atoms with Crippen LogP contribution in [-0.4, -0.2) is 51.8 Å². The van der Waals surface area contributed by atoms with Crippen LogP contribution in [0.25, 0.3) is 0 Å². The zero-order valence-corrected chi connectivity index (χ0v) is 14.2. The maximum atomic E-state index is 13.2. The molecule has 1 amide bonds. The summed E-state index contributed by atoms with van der Waals surface area (Å²) in [6.45, 7) is 6.29. The Morgan fingerprint density at radius 2 is 1.96 bits per heavy atom. The van der Waals surface area contributed by atoms with Crippen molar-refractivity contribution in [2.45, 2.75) is 26.8 Å². The Labute approximate surface area is 144 Å². The first-order chi connectivity index (χ1) is 12.0. The van der Waals surface area contributed by atoms with Crippen LogP contribution in [0.1, 0.15) is 36.7 Å². The normalized spacial score (nSPS) is 15.4. The van der Waals surface area contributed by atoms with E-state index in [0.717, 1.165) is 0 Å². The number of piperazine rings is 1. The van der Waals surface area contributed by atoms with E-state index in [2.05, 4.69) is 10.2 Å². The lowest BCUT2D eigenvalue weighted by atomic mass is 10.2. The minimum atomic E-state index is -2.66. The van der Waals surface area contributed by atoms with E-state index in [9.17, 15) is 13.6 Å². The summed E-state index contributed by atoms with van der Waals surface area (Å²) in [4.78, 5) is 15.9. The number of amides is 1. The molecule has 136 valence electrons. The highest BCUT2D eigenvalue weighted by molar-refractivity contribution is 5.91. The van der Waals surface area contributed by atoms with Gasteiger partial charge in [-0.3, -0.25) is 9.36 Å². The molecule has 0 N–H and O–H groups in total. The van der Waals surface area contributed by atoms with Gasteiger partial charge in [-0.1, -0.05) is 13.8 Å². The molecule has 9 heteroatoms. The first kappa shape index (κ1) is 17.4. The molecule has 1 aliphatic rings. The quantitative estimate of drug-likeness (QED) is 0.826. The van der Waals surface area contributed by atoms with Gasteiger partial charge in [0.1, 0.15) is 0 Å². The van der Waals surface area contributed by atoms with Crippen LogP contribution in [0.15, 0.2) is 22.8 Å². The largest absolute Gasteiger partial charge is 0.459 e. The van der Waals surface area contributed by atoms with E-state index in [0.29, 0.717) is 44.4 Å². The van der Waals surface area contributed by atoms with Gasteiger partial charge in [0, 0.05) is 32.7 Å². The van der Waals surface area contributed by atoms with Crippen molar-refractivity contribution >= 4 is 11.9 Å². The molecule has 0 bridgehead atoms. The van der Waals surface area contributed by atoms with E-state index in [1.165, 1.54) is 10.8 Å². The van der Waals surface area contributed by atoms with Crippen molar-refractivity contribution in [2.24, 2.45) is 5.92 Å². The standard InChI is InChI=1S/C16H21F2N5O2/c1-11(2)10-23-14(13(17)18)19-20-16(23)22-7-5-21(6-8-22)15(24)12-4-3-9-25-12/h3-4,9,11,13H,5-8,10H2,1-2H3. The number of halogens is 2. The Hall–Kier alpha value is -2.45. The second kappa shape index (κ2) is 7.20. The van der Waals surface area contributed by atoms with Crippen molar-refractivity contribution in [3.63, 3.8) is 0 Å². The summed E-state index contributed by atoms with van der Waals surface area (Å²) >= 11 is 0. The molecule has 1 aliphatic heterocycles. The van der Waals surface area contributed by atoms with E-state index in [1.807, 2.05) is 18.7 Å². The number of nitrogens with zero attached hydrogens (tertiary/aromatic N) is 5. The molecular weight excluding hydrogens is 332 g/mol. The number of carbonyl (C=O) groups excluding carboxylic acids is 1. The van der Waals surface area contributed by atoms with Crippen LogP contribution in [0, 0.1) is 5.92 Å². The van der Waals surface area contributed by atoms with Gasteiger partial charge in [-0.25, -0.2) is 8.78 Å². The van der Waals surface area contributed by atoms with Crippen LogP contribution >= 0.6 is 0 Å². The summed E-state index contributed by atoms with van der Waals surface area (Å²) in [5.41, 5.74) is 0. The molecule has 0 radical (unpaired) electrons. The van der Waals surface area contributed by atoms with Crippen molar-refractivity contribution in [3.8, 4) is 0 Å². The van der Waals surface area contributed by atoms with Gasteiger partial charge in [0.05, 0.1) is 6.26 Å². The second-order valence-corrected chi connectivity index (χ2v) is 6.42. The third-order valence-electron chi connectivity index (χ3n) is 4.08. The first-order valence-corrected chi connectivity index (χ1v) is 8.26. The smallest absolute Gasteiger partial charge is 0.297 e. The van der Waals surface area contributed by atoms with Gasteiger partial charge in [-0.2, -0.15) is 0 Å². The molecule has 0 aromatic carbocycles. The molecule has 2 aromatic heterocycles. The summed E-state index contributed by atoms with van der Waals surface area (Å²) < 4.78 is 33.0. The number of aromatic nitrogens is 3. The molecular formula is C16H21F2N5O2. The summed E-state index contributed by atoms with van der Waals surface area (Å²) in [6.07, 6.45) is -1.20. The summed E-state index contributed by atoms with van der Waals surface area (Å²) in [5, 5.41) is 7.64. The van der Waals surface area contributed by atoms with Gasteiger partial charge in [0.2, 0.25) is 11.8 Å². The van der Waals surface area contributed by atoms with Gasteiger partial charge >= 0.3 is 0 Å². The Bertz CT molecular complexity index is 706. The van der Waals surface area contributed by atoms with E-state index in [-0.39, 0.29) is 17.6 Å². The average Bonchev–Trinajstić information content (AvgIpc) is 3.23. The van der Waals surface area contributed by atoms with Gasteiger partial charge in [0.15, 0.2) is 5.76 Å². The first-order valence-electron chi connectivity index (χ1n) is 8.26. The number of anilines is 1. The Morgan fingerprint density at radius 1 is 1.24 bits per heavy atom. The zero-order valence-electron chi connectivity index (χ0n) is 14.2. The SMILES string of the molecule is CC(C)Cn1c(C(F)F)nnc1N1CCN(C(=O)c2ccco2)CC1. The number of rotatable bonds is 5. The number of alkyl halides is 2. The number of hydrogen-bond acceptors (Lipinski definition) is 5. The van der Waals surface area contributed by atoms with E-state index >= 15 is 0 Å². The van der Waals surface area contributed by atoms with E-state index in [4.69, 9.17) is 4.42 Å².